The number of rotatable bonds is 3. The number of ether oxygens (including phenoxy) is 2. The van der Waals surface area contributed by atoms with E-state index >= 15 is 0 Å². The highest BCUT2D eigenvalue weighted by Crippen LogP contribution is 2.45. The first-order valence-electron chi connectivity index (χ1n) is 10.7. The van der Waals surface area contributed by atoms with Crippen LogP contribution in [0.1, 0.15) is 29.9 Å². The van der Waals surface area contributed by atoms with Crippen LogP contribution >= 0.6 is 0 Å². The van der Waals surface area contributed by atoms with E-state index in [1.165, 1.54) is 12.1 Å². The topological polar surface area (TPSA) is 113 Å². The maximum absolute atomic E-state index is 14.6. The van der Waals surface area contributed by atoms with E-state index in [2.05, 4.69) is 15.2 Å². The number of fused-ring (bicyclic) bond motifs is 5. The lowest BCUT2D eigenvalue weighted by molar-refractivity contribution is -0.280. The van der Waals surface area contributed by atoms with Crippen molar-refractivity contribution in [3.63, 3.8) is 0 Å². The fraction of sp³-hybridized carbons (Fsp3) is 0.304. The van der Waals surface area contributed by atoms with E-state index in [9.17, 15) is 31.1 Å². The van der Waals surface area contributed by atoms with Crippen LogP contribution in [0.2, 0.25) is 0 Å². The Morgan fingerprint density at radius 1 is 1.08 bits per heavy atom. The average Bonchev–Trinajstić information content (AvgIpc) is 3.31. The summed E-state index contributed by atoms with van der Waals surface area (Å²) in [5, 5.41) is 6.86. The highest BCUT2D eigenvalue weighted by atomic mass is 19.4. The molecule has 0 radical (unpaired) electrons. The summed E-state index contributed by atoms with van der Waals surface area (Å²) in [6.45, 7) is -0.946. The summed E-state index contributed by atoms with van der Waals surface area (Å²) in [6, 6.07) is 8.25. The summed E-state index contributed by atoms with van der Waals surface area (Å²) in [6.07, 6.45) is -8.43. The molecule has 0 saturated heterocycles. The molecule has 3 heterocycles. The summed E-state index contributed by atoms with van der Waals surface area (Å²) in [5.41, 5.74) is -0.150. The van der Waals surface area contributed by atoms with Crippen LogP contribution in [0.5, 0.6) is 5.88 Å². The second kappa shape index (κ2) is 9.84. The molecule has 0 aliphatic carbocycles. The van der Waals surface area contributed by atoms with Gasteiger partial charge in [0.2, 0.25) is 11.7 Å². The second-order valence-corrected chi connectivity index (χ2v) is 7.90. The first-order valence-corrected chi connectivity index (χ1v) is 10.7. The lowest BCUT2D eigenvalue weighted by Gasteiger charge is -2.30. The number of halogens is 6. The zero-order valence-electron chi connectivity index (χ0n) is 18.8. The van der Waals surface area contributed by atoms with Gasteiger partial charge in [-0.25, -0.2) is 4.98 Å². The molecule has 1 aromatic carbocycles. The monoisotopic (exact) mass is 528 g/mol. The van der Waals surface area contributed by atoms with Crippen molar-refractivity contribution in [2.24, 2.45) is 0 Å². The number of pyridine rings is 1. The predicted molar refractivity (Wildman–Crippen MR) is 115 cm³/mol. The molecule has 8 nitrogen and oxygen atoms in total. The third-order valence-electron chi connectivity index (χ3n) is 5.32. The quantitative estimate of drug-likeness (QED) is 0.473. The van der Waals surface area contributed by atoms with Crippen LogP contribution < -0.4 is 10.5 Å². The molecule has 196 valence electrons. The smallest absolute Gasteiger partial charge is 0.434 e. The summed E-state index contributed by atoms with van der Waals surface area (Å²) in [5.74, 6) is -4.47. The summed E-state index contributed by atoms with van der Waals surface area (Å²) in [4.78, 5) is 16.7. The number of benzene rings is 1. The predicted octanol–water partition coefficient (Wildman–Crippen LogP) is 5.00. The molecule has 4 rings (SSSR count). The molecule has 1 unspecified atom stereocenters. The van der Waals surface area contributed by atoms with E-state index in [0.29, 0.717) is 17.7 Å². The van der Waals surface area contributed by atoms with Gasteiger partial charge in [-0.05, 0) is 30.5 Å². The van der Waals surface area contributed by atoms with Crippen molar-refractivity contribution < 1.29 is 45.0 Å². The fourth-order valence-corrected chi connectivity index (χ4v) is 3.48. The number of anilines is 1. The van der Waals surface area contributed by atoms with Crippen molar-refractivity contribution in [2.45, 2.75) is 37.4 Å². The molecule has 0 spiro atoms. The summed E-state index contributed by atoms with van der Waals surface area (Å²) >= 11 is 0. The molecule has 14 heteroatoms. The third-order valence-corrected chi connectivity index (χ3v) is 5.32. The van der Waals surface area contributed by atoms with Gasteiger partial charge in [0.25, 0.3) is 11.8 Å². The molecule has 0 amide bonds. The van der Waals surface area contributed by atoms with E-state index in [0.717, 1.165) is 6.08 Å². The Labute approximate surface area is 205 Å². The maximum Gasteiger partial charge on any atom is 0.434 e. The van der Waals surface area contributed by atoms with Gasteiger partial charge >= 0.3 is 18.0 Å². The van der Waals surface area contributed by atoms with Crippen LogP contribution in [-0.4, -0.2) is 33.7 Å². The standard InChI is InChI=1S/C23H18F6N4O4/c24-22(25,26)14-11-15(30)17-19-32-33-20(37-19)21(23(27,28)29,36-12-13-7-3-1-4-8-13)16(34)9-5-2-6-10-35-18(14)31-17/h1,3-5,7-9,11H,2,6,10,12,30H2/b9-5+. The van der Waals surface area contributed by atoms with Crippen LogP contribution in [-0.2, 0) is 27.9 Å². The number of aromatic nitrogens is 3. The number of carbonyl (C=O) groups excluding carboxylic acids is 1. The van der Waals surface area contributed by atoms with E-state index < -0.39 is 64.9 Å². The van der Waals surface area contributed by atoms with Gasteiger partial charge in [0.05, 0.1) is 18.9 Å². The molecule has 3 aromatic rings. The number of nitrogens with two attached hydrogens (primary N) is 1. The Morgan fingerprint density at radius 3 is 2.49 bits per heavy atom. The SMILES string of the molecule is Nc1cc(C(F)(F)F)c2nc1-c1nnc(o1)C(OCc1ccccc1)(C(F)(F)F)C(=O)/C=C/CCCO2. The average molecular weight is 528 g/mol. The highest BCUT2D eigenvalue weighted by Gasteiger charge is 2.66. The van der Waals surface area contributed by atoms with Crippen molar-refractivity contribution in [3.05, 3.63) is 65.6 Å². The molecule has 0 saturated carbocycles. The van der Waals surface area contributed by atoms with Crippen LogP contribution in [0.15, 0.2) is 53.0 Å². The van der Waals surface area contributed by atoms with Gasteiger partial charge in [-0.3, -0.25) is 4.79 Å². The lowest BCUT2D eigenvalue weighted by Crippen LogP contribution is -2.51. The van der Waals surface area contributed by atoms with E-state index in [-0.39, 0.29) is 19.4 Å². The lowest BCUT2D eigenvalue weighted by atomic mass is 9.95. The number of carbonyl (C=O) groups is 1. The van der Waals surface area contributed by atoms with E-state index in [1.54, 1.807) is 18.2 Å². The molecule has 37 heavy (non-hydrogen) atoms. The number of hydrogen-bond acceptors (Lipinski definition) is 8. The Kier molecular flexibility index (Phi) is 6.95. The van der Waals surface area contributed by atoms with E-state index in [4.69, 9.17) is 19.6 Å². The Morgan fingerprint density at radius 2 is 1.81 bits per heavy atom. The maximum atomic E-state index is 14.6. The van der Waals surface area contributed by atoms with E-state index in [1.807, 2.05) is 0 Å². The number of nitrogens with zero attached hydrogens (tertiary/aromatic N) is 3. The zero-order chi connectivity index (χ0) is 26.8. The van der Waals surface area contributed by atoms with Gasteiger partial charge in [0.15, 0.2) is 5.69 Å². The van der Waals surface area contributed by atoms with Crippen molar-refractivity contribution in [1.29, 1.82) is 0 Å². The minimum Gasteiger partial charge on any atom is -0.477 e. The Balaban J connectivity index is 1.88. The van der Waals surface area contributed by atoms with Gasteiger partial charge in [-0.15, -0.1) is 10.2 Å². The van der Waals surface area contributed by atoms with Gasteiger partial charge in [0, 0.05) is 0 Å². The van der Waals surface area contributed by atoms with Crippen molar-refractivity contribution >= 4 is 11.5 Å². The van der Waals surface area contributed by atoms with Gasteiger partial charge in [0.1, 0.15) is 5.56 Å². The van der Waals surface area contributed by atoms with Crippen LogP contribution in [0.4, 0.5) is 32.0 Å². The van der Waals surface area contributed by atoms with Crippen LogP contribution in [0, 0.1) is 0 Å². The number of nitrogen functional groups attached to an aromatic ring is 1. The number of hydrogen-bond donors (Lipinski definition) is 1. The van der Waals surface area contributed by atoms with Crippen LogP contribution in [0.3, 0.4) is 0 Å². The minimum atomic E-state index is -5.38. The first kappa shape index (κ1) is 26.1. The van der Waals surface area contributed by atoms with Gasteiger partial charge < -0.3 is 19.6 Å². The third kappa shape index (κ3) is 5.14. The summed E-state index contributed by atoms with van der Waals surface area (Å²) < 4.78 is 99.7. The highest BCUT2D eigenvalue weighted by molar-refractivity contribution is 5.98. The fourth-order valence-electron chi connectivity index (χ4n) is 3.48. The zero-order valence-corrected chi connectivity index (χ0v) is 18.8. The number of alkyl halides is 6. The molecule has 0 fully saturated rings. The second-order valence-electron chi connectivity index (χ2n) is 7.90. The normalized spacial score (nSPS) is 19.7. The first-order chi connectivity index (χ1) is 17.4. The molecule has 1 aliphatic rings. The largest absolute Gasteiger partial charge is 0.477 e. The molecule has 1 atom stereocenters. The summed E-state index contributed by atoms with van der Waals surface area (Å²) in [7, 11) is 0. The van der Waals surface area contributed by atoms with Crippen molar-refractivity contribution in [1.82, 2.24) is 15.2 Å². The molecule has 4 bridgehead atoms. The van der Waals surface area contributed by atoms with Crippen LogP contribution in [0.25, 0.3) is 11.6 Å². The minimum absolute atomic E-state index is 0.00335. The molecular formula is C23H18F6N4O4. The number of allylic oxidation sites excluding steroid dienone is 1. The van der Waals surface area contributed by atoms with Gasteiger partial charge in [-0.1, -0.05) is 36.4 Å². The molecule has 2 N–H and O–H groups in total. The Bertz CT molecular complexity index is 1310. The van der Waals surface area contributed by atoms with Crippen molar-refractivity contribution in [2.75, 3.05) is 12.3 Å². The number of ketones is 1. The Hall–Kier alpha value is -3.94. The molecule has 1 aliphatic heterocycles. The van der Waals surface area contributed by atoms with Gasteiger partial charge in [-0.2, -0.15) is 26.3 Å². The molecule has 2 aromatic heterocycles. The van der Waals surface area contributed by atoms with Crippen molar-refractivity contribution in [3.8, 4) is 17.5 Å². The molecular weight excluding hydrogens is 510 g/mol.